The van der Waals surface area contributed by atoms with Crippen molar-refractivity contribution in [1.29, 1.82) is 0 Å². The number of aliphatic hydroxyl groups excluding tert-OH is 1. The first-order valence-corrected chi connectivity index (χ1v) is 5.50. The number of hydrogen-bond donors (Lipinski definition) is 3. The Morgan fingerprint density at radius 1 is 1.67 bits per heavy atom. The van der Waals surface area contributed by atoms with Gasteiger partial charge in [-0.25, -0.2) is 4.79 Å². The van der Waals surface area contributed by atoms with Crippen LogP contribution in [0.2, 0.25) is 0 Å². The largest absolute Gasteiger partial charge is 0.383 e. The highest BCUT2D eigenvalue weighted by atomic mass is 16.8. The molecule has 0 spiro atoms. The van der Waals surface area contributed by atoms with Gasteiger partial charge < -0.3 is 25.4 Å². The van der Waals surface area contributed by atoms with Crippen LogP contribution in [0.3, 0.4) is 0 Å². The minimum Gasteiger partial charge on any atom is -0.383 e. The van der Waals surface area contributed by atoms with Crippen molar-refractivity contribution in [1.82, 2.24) is 9.55 Å². The highest BCUT2D eigenvalue weighted by Gasteiger charge is 2.62. The number of anilines is 1. The molecular weight excluding hydrogens is 242 g/mol. The van der Waals surface area contributed by atoms with Crippen molar-refractivity contribution < 1.29 is 19.7 Å². The lowest BCUT2D eigenvalue weighted by Crippen LogP contribution is -2.61. The fourth-order valence-corrected chi connectivity index (χ4v) is 2.24. The molecule has 2 aliphatic heterocycles. The van der Waals surface area contributed by atoms with Crippen LogP contribution in [0.4, 0.5) is 5.82 Å². The zero-order valence-corrected chi connectivity index (χ0v) is 9.61. The molecule has 4 atom stereocenters. The fraction of sp³-hybridized carbons (Fsp3) is 0.600. The first kappa shape index (κ1) is 11.6. The third-order valence-electron chi connectivity index (χ3n) is 3.28. The summed E-state index contributed by atoms with van der Waals surface area (Å²) >= 11 is 0. The van der Waals surface area contributed by atoms with Crippen molar-refractivity contribution in [3.05, 3.63) is 22.2 Å². The molecule has 1 aromatic rings. The van der Waals surface area contributed by atoms with Gasteiger partial charge in [-0.05, 0) is 6.92 Å². The molecule has 18 heavy (non-hydrogen) atoms. The SMILES string of the molecule is Cc1cn([C@H]2C[C@@]3(O)OC(O)[C@@H]3O2)c(=O)nc1N. The second kappa shape index (κ2) is 3.51. The number of nitrogens with zero attached hydrogens (tertiary/aromatic N) is 2. The van der Waals surface area contributed by atoms with Gasteiger partial charge in [-0.1, -0.05) is 0 Å². The number of fused-ring (bicyclic) bond motifs is 1. The van der Waals surface area contributed by atoms with E-state index in [1.54, 1.807) is 6.92 Å². The molecule has 0 amide bonds. The lowest BCUT2D eigenvalue weighted by Gasteiger charge is -2.42. The molecule has 8 heteroatoms. The van der Waals surface area contributed by atoms with Crippen LogP contribution in [-0.4, -0.2) is 37.9 Å². The Kier molecular flexibility index (Phi) is 2.26. The second-order valence-corrected chi connectivity index (χ2v) is 4.57. The van der Waals surface area contributed by atoms with Gasteiger partial charge in [0.1, 0.15) is 12.0 Å². The van der Waals surface area contributed by atoms with Gasteiger partial charge in [0.2, 0.25) is 5.79 Å². The second-order valence-electron chi connectivity index (χ2n) is 4.57. The van der Waals surface area contributed by atoms with Crippen LogP contribution in [0, 0.1) is 6.92 Å². The predicted octanol–water partition coefficient (Wildman–Crippen LogP) is -1.54. The predicted molar refractivity (Wildman–Crippen MR) is 58.2 cm³/mol. The lowest BCUT2D eigenvalue weighted by atomic mass is 10.0. The van der Waals surface area contributed by atoms with Gasteiger partial charge in [-0.15, -0.1) is 0 Å². The maximum Gasteiger partial charge on any atom is 0.351 e. The molecule has 1 unspecified atom stereocenters. The number of aryl methyl sites for hydroxylation is 1. The van der Waals surface area contributed by atoms with Crippen molar-refractivity contribution in [3.8, 4) is 0 Å². The van der Waals surface area contributed by atoms with E-state index in [1.165, 1.54) is 10.8 Å². The molecule has 2 aliphatic rings. The number of ether oxygens (including phenoxy) is 2. The minimum absolute atomic E-state index is 0.0552. The zero-order chi connectivity index (χ0) is 13.1. The van der Waals surface area contributed by atoms with Gasteiger partial charge in [0.05, 0.1) is 0 Å². The molecule has 8 nitrogen and oxygen atoms in total. The summed E-state index contributed by atoms with van der Waals surface area (Å²) < 4.78 is 11.5. The molecule has 4 N–H and O–H groups in total. The first-order valence-electron chi connectivity index (χ1n) is 5.50. The molecule has 0 aromatic carbocycles. The molecule has 0 saturated carbocycles. The summed E-state index contributed by atoms with van der Waals surface area (Å²) in [5.74, 6) is -1.37. The first-order chi connectivity index (χ1) is 8.40. The molecule has 3 heterocycles. The Morgan fingerprint density at radius 3 is 3.00 bits per heavy atom. The van der Waals surface area contributed by atoms with Crippen molar-refractivity contribution in [3.63, 3.8) is 0 Å². The number of nitrogen functional groups attached to an aromatic ring is 1. The molecule has 0 aliphatic carbocycles. The zero-order valence-electron chi connectivity index (χ0n) is 9.61. The van der Waals surface area contributed by atoms with Crippen molar-refractivity contribution in [2.45, 2.75) is 37.8 Å². The highest BCUT2D eigenvalue weighted by molar-refractivity contribution is 5.35. The third-order valence-corrected chi connectivity index (χ3v) is 3.28. The molecule has 0 radical (unpaired) electrons. The number of hydrogen-bond acceptors (Lipinski definition) is 7. The van der Waals surface area contributed by atoms with E-state index in [1.807, 2.05) is 0 Å². The summed E-state index contributed by atoms with van der Waals surface area (Å²) in [5, 5.41) is 19.2. The highest BCUT2D eigenvalue weighted by Crippen LogP contribution is 2.46. The average molecular weight is 255 g/mol. The van der Waals surface area contributed by atoms with Crippen molar-refractivity contribution in [2.24, 2.45) is 0 Å². The minimum atomic E-state index is -1.53. The van der Waals surface area contributed by atoms with Gasteiger partial charge >= 0.3 is 5.69 Å². The summed E-state index contributed by atoms with van der Waals surface area (Å²) in [6.07, 6.45) is -1.17. The Morgan fingerprint density at radius 2 is 2.39 bits per heavy atom. The van der Waals surface area contributed by atoms with Gasteiger partial charge in [-0.3, -0.25) is 4.57 Å². The summed E-state index contributed by atoms with van der Waals surface area (Å²) in [6, 6.07) is 0. The molecular formula is C10H13N3O5. The normalized spacial score (nSPS) is 38.3. The van der Waals surface area contributed by atoms with Gasteiger partial charge in [-0.2, -0.15) is 4.98 Å². The maximum atomic E-state index is 11.7. The van der Waals surface area contributed by atoms with Gasteiger partial charge in [0.25, 0.3) is 0 Å². The summed E-state index contributed by atoms with van der Waals surface area (Å²) in [7, 11) is 0. The lowest BCUT2D eigenvalue weighted by molar-refractivity contribution is -0.412. The van der Waals surface area contributed by atoms with E-state index in [4.69, 9.17) is 15.2 Å². The monoisotopic (exact) mass is 255 g/mol. The summed E-state index contributed by atoms with van der Waals surface area (Å²) in [6.45, 7) is 1.71. The van der Waals surface area contributed by atoms with Gasteiger partial charge in [0.15, 0.2) is 12.4 Å². The van der Waals surface area contributed by atoms with Crippen LogP contribution in [0.5, 0.6) is 0 Å². The molecule has 0 bridgehead atoms. The Labute approximate surface area is 102 Å². The Hall–Kier alpha value is -1.48. The molecule has 3 rings (SSSR count). The van der Waals surface area contributed by atoms with Crippen LogP contribution >= 0.6 is 0 Å². The average Bonchev–Trinajstić information content (AvgIpc) is 2.55. The Balaban J connectivity index is 1.94. The number of aromatic nitrogens is 2. The van der Waals surface area contributed by atoms with Crippen LogP contribution in [-0.2, 0) is 9.47 Å². The van der Waals surface area contributed by atoms with E-state index in [0.29, 0.717) is 5.56 Å². The standard InChI is InChI=1S/C10H13N3O5/c1-4-3-13(9(15)12-7(4)11)5-2-10(16)6(17-5)8(14)18-10/h3,5-6,8,14,16H,2H2,1H3,(H2,11,12,15)/t5-,6+,8?,10-/m1/s1. The summed E-state index contributed by atoms with van der Waals surface area (Å²) in [5.41, 5.74) is 5.59. The van der Waals surface area contributed by atoms with Crippen molar-refractivity contribution in [2.75, 3.05) is 5.73 Å². The number of nitrogens with two attached hydrogens (primary N) is 1. The molecule has 2 saturated heterocycles. The number of aliphatic hydroxyl groups is 2. The summed E-state index contributed by atoms with van der Waals surface area (Å²) in [4.78, 5) is 15.4. The van der Waals surface area contributed by atoms with E-state index in [9.17, 15) is 15.0 Å². The van der Waals surface area contributed by atoms with Crippen molar-refractivity contribution >= 4 is 5.82 Å². The Bertz CT molecular complexity index is 559. The maximum absolute atomic E-state index is 11.7. The third kappa shape index (κ3) is 1.47. The topological polar surface area (TPSA) is 120 Å². The van der Waals surface area contributed by atoms with Crippen LogP contribution in [0.25, 0.3) is 0 Å². The van der Waals surface area contributed by atoms with Crippen LogP contribution in [0.15, 0.2) is 11.0 Å². The van der Waals surface area contributed by atoms with Gasteiger partial charge in [0, 0.05) is 18.2 Å². The van der Waals surface area contributed by atoms with E-state index < -0.39 is 30.1 Å². The molecule has 1 aromatic heterocycles. The van der Waals surface area contributed by atoms with E-state index in [2.05, 4.69) is 4.98 Å². The molecule has 98 valence electrons. The smallest absolute Gasteiger partial charge is 0.351 e. The van der Waals surface area contributed by atoms with Crippen LogP contribution < -0.4 is 11.4 Å². The molecule has 2 fully saturated rings. The fourth-order valence-electron chi connectivity index (χ4n) is 2.24. The quantitative estimate of drug-likeness (QED) is 0.556. The van der Waals surface area contributed by atoms with Crippen LogP contribution in [0.1, 0.15) is 18.2 Å². The van der Waals surface area contributed by atoms with E-state index in [-0.39, 0.29) is 12.2 Å². The van der Waals surface area contributed by atoms with E-state index >= 15 is 0 Å². The van der Waals surface area contributed by atoms with E-state index in [0.717, 1.165) is 0 Å². The number of rotatable bonds is 1.